The third-order valence-electron chi connectivity index (χ3n) is 1.79. The minimum absolute atomic E-state index is 0.468. The van der Waals surface area contributed by atoms with Crippen LogP contribution in [-0.4, -0.2) is 11.3 Å². The predicted octanol–water partition coefficient (Wildman–Crippen LogP) is 2.23. The highest BCUT2D eigenvalue weighted by molar-refractivity contribution is 5.37. The highest BCUT2D eigenvalue weighted by atomic mass is 19.4. The summed E-state index contributed by atoms with van der Waals surface area (Å²) in [6.07, 6.45) is -4.83. The van der Waals surface area contributed by atoms with Gasteiger partial charge in [-0.15, -0.1) is 0 Å². The Morgan fingerprint density at radius 2 is 1.73 bits per heavy atom. The SMILES string of the molecule is N[C@H](c1ccc(F)c(F)c1O)C(F)(F)F. The van der Waals surface area contributed by atoms with E-state index in [2.05, 4.69) is 0 Å². The molecule has 0 heterocycles. The van der Waals surface area contributed by atoms with E-state index in [0.29, 0.717) is 12.1 Å². The van der Waals surface area contributed by atoms with Crippen molar-refractivity contribution in [3.05, 3.63) is 29.3 Å². The van der Waals surface area contributed by atoms with Gasteiger partial charge in [0.25, 0.3) is 0 Å². The molecule has 1 atom stereocenters. The van der Waals surface area contributed by atoms with Gasteiger partial charge in [-0.3, -0.25) is 0 Å². The molecule has 0 aliphatic heterocycles. The first-order valence-electron chi connectivity index (χ1n) is 3.74. The fourth-order valence-electron chi connectivity index (χ4n) is 0.982. The van der Waals surface area contributed by atoms with Crippen LogP contribution in [0.2, 0.25) is 0 Å². The molecule has 0 saturated carbocycles. The molecule has 1 rings (SSSR count). The molecule has 0 spiro atoms. The number of phenolic OH excluding ortho intramolecular Hbond substituents is 1. The van der Waals surface area contributed by atoms with E-state index in [9.17, 15) is 22.0 Å². The van der Waals surface area contributed by atoms with Crippen LogP contribution in [0.3, 0.4) is 0 Å². The summed E-state index contributed by atoms with van der Waals surface area (Å²) >= 11 is 0. The van der Waals surface area contributed by atoms with E-state index in [-0.39, 0.29) is 0 Å². The van der Waals surface area contributed by atoms with Crippen molar-refractivity contribution in [1.82, 2.24) is 0 Å². The molecule has 3 N–H and O–H groups in total. The summed E-state index contributed by atoms with van der Waals surface area (Å²) < 4.78 is 61.4. The normalized spacial score (nSPS) is 14.0. The molecule has 15 heavy (non-hydrogen) atoms. The minimum Gasteiger partial charge on any atom is -0.505 e. The topological polar surface area (TPSA) is 46.2 Å². The quantitative estimate of drug-likeness (QED) is 0.722. The molecule has 0 bridgehead atoms. The van der Waals surface area contributed by atoms with Gasteiger partial charge in [-0.25, -0.2) is 4.39 Å². The van der Waals surface area contributed by atoms with E-state index >= 15 is 0 Å². The van der Waals surface area contributed by atoms with Crippen LogP contribution >= 0.6 is 0 Å². The second-order valence-corrected chi connectivity index (χ2v) is 2.82. The van der Waals surface area contributed by atoms with Crippen molar-refractivity contribution in [3.8, 4) is 5.75 Å². The molecule has 0 amide bonds. The second kappa shape index (κ2) is 3.65. The van der Waals surface area contributed by atoms with Gasteiger partial charge in [0.05, 0.1) is 0 Å². The summed E-state index contributed by atoms with van der Waals surface area (Å²) in [7, 11) is 0. The number of benzene rings is 1. The van der Waals surface area contributed by atoms with Gasteiger partial charge in [-0.2, -0.15) is 17.6 Å². The molecule has 1 aromatic rings. The van der Waals surface area contributed by atoms with Gasteiger partial charge in [0.1, 0.15) is 6.04 Å². The number of hydrogen-bond acceptors (Lipinski definition) is 2. The molecule has 0 aliphatic carbocycles. The van der Waals surface area contributed by atoms with Crippen LogP contribution in [0, 0.1) is 11.6 Å². The largest absolute Gasteiger partial charge is 0.505 e. The van der Waals surface area contributed by atoms with E-state index in [1.165, 1.54) is 0 Å². The van der Waals surface area contributed by atoms with Crippen molar-refractivity contribution in [1.29, 1.82) is 0 Å². The Hall–Kier alpha value is -1.37. The summed E-state index contributed by atoms with van der Waals surface area (Å²) in [4.78, 5) is 0. The molecule has 1 aromatic carbocycles. The van der Waals surface area contributed by atoms with Crippen LogP contribution < -0.4 is 5.73 Å². The van der Waals surface area contributed by atoms with E-state index in [4.69, 9.17) is 10.8 Å². The Morgan fingerprint density at radius 1 is 1.20 bits per heavy atom. The third kappa shape index (κ3) is 2.17. The Kier molecular flexibility index (Phi) is 2.85. The molecule has 2 nitrogen and oxygen atoms in total. The molecule has 84 valence electrons. The maximum absolute atomic E-state index is 12.7. The average Bonchev–Trinajstić information content (AvgIpc) is 2.12. The van der Waals surface area contributed by atoms with Gasteiger partial charge < -0.3 is 10.8 Å². The molecule has 0 radical (unpaired) electrons. The maximum Gasteiger partial charge on any atom is 0.407 e. The molecule has 0 saturated heterocycles. The summed E-state index contributed by atoms with van der Waals surface area (Å²) in [5.74, 6) is -4.60. The standard InChI is InChI=1S/C8H6F5NO/c9-4-2-1-3(6(15)5(4)10)7(14)8(11,12)13/h1-2,7,15H,14H2/t7-/m1/s1. The molecule has 0 fully saturated rings. The lowest BCUT2D eigenvalue weighted by Gasteiger charge is -2.17. The lowest BCUT2D eigenvalue weighted by molar-refractivity contribution is -0.149. The van der Waals surface area contributed by atoms with Crippen LogP contribution in [0.4, 0.5) is 22.0 Å². The van der Waals surface area contributed by atoms with E-state index in [1.54, 1.807) is 0 Å². The van der Waals surface area contributed by atoms with Gasteiger partial charge in [0.15, 0.2) is 11.6 Å². The van der Waals surface area contributed by atoms with Gasteiger partial charge in [0.2, 0.25) is 5.82 Å². The Morgan fingerprint density at radius 3 is 2.20 bits per heavy atom. The van der Waals surface area contributed by atoms with Crippen molar-refractivity contribution in [2.75, 3.05) is 0 Å². The van der Waals surface area contributed by atoms with Gasteiger partial charge >= 0.3 is 6.18 Å². The lowest BCUT2D eigenvalue weighted by Crippen LogP contribution is -2.28. The predicted molar refractivity (Wildman–Crippen MR) is 41.0 cm³/mol. The summed E-state index contributed by atoms with van der Waals surface area (Å²) in [5, 5.41) is 8.92. The van der Waals surface area contributed by atoms with Gasteiger partial charge in [-0.05, 0) is 6.07 Å². The van der Waals surface area contributed by atoms with Crippen LogP contribution in [0.1, 0.15) is 11.6 Å². The fraction of sp³-hybridized carbons (Fsp3) is 0.250. The smallest absolute Gasteiger partial charge is 0.407 e. The monoisotopic (exact) mass is 227 g/mol. The summed E-state index contributed by atoms with van der Waals surface area (Å²) in [6.45, 7) is 0. The Bertz CT molecular complexity index is 376. The zero-order valence-corrected chi connectivity index (χ0v) is 7.15. The zero-order valence-electron chi connectivity index (χ0n) is 7.15. The van der Waals surface area contributed by atoms with E-state index < -0.39 is 35.2 Å². The number of hydrogen-bond donors (Lipinski definition) is 2. The number of nitrogens with two attached hydrogens (primary N) is 1. The number of halogens is 5. The van der Waals surface area contributed by atoms with E-state index in [0.717, 1.165) is 0 Å². The van der Waals surface area contributed by atoms with Gasteiger partial charge in [-0.1, -0.05) is 6.07 Å². The summed E-state index contributed by atoms with van der Waals surface area (Å²) in [6, 6.07) is -1.49. The molecule has 0 aliphatic rings. The third-order valence-corrected chi connectivity index (χ3v) is 1.79. The number of phenols is 1. The van der Waals surface area contributed by atoms with Crippen molar-refractivity contribution >= 4 is 0 Å². The molecular weight excluding hydrogens is 221 g/mol. The number of alkyl halides is 3. The maximum atomic E-state index is 12.7. The first-order chi connectivity index (χ1) is 6.75. The molecule has 7 heteroatoms. The highest BCUT2D eigenvalue weighted by Crippen LogP contribution is 2.36. The van der Waals surface area contributed by atoms with Crippen LogP contribution in [0.5, 0.6) is 5.75 Å². The number of aromatic hydroxyl groups is 1. The van der Waals surface area contributed by atoms with Crippen molar-refractivity contribution in [2.24, 2.45) is 5.73 Å². The van der Waals surface area contributed by atoms with Crippen LogP contribution in [0.15, 0.2) is 12.1 Å². The molecule has 0 unspecified atom stereocenters. The lowest BCUT2D eigenvalue weighted by atomic mass is 10.1. The first kappa shape index (κ1) is 11.7. The van der Waals surface area contributed by atoms with Crippen molar-refractivity contribution in [3.63, 3.8) is 0 Å². The highest BCUT2D eigenvalue weighted by Gasteiger charge is 2.40. The summed E-state index contributed by atoms with van der Waals surface area (Å²) in [5.41, 5.74) is 3.82. The van der Waals surface area contributed by atoms with Gasteiger partial charge in [0, 0.05) is 5.56 Å². The first-order valence-corrected chi connectivity index (χ1v) is 3.74. The average molecular weight is 227 g/mol. The van der Waals surface area contributed by atoms with Crippen molar-refractivity contribution in [2.45, 2.75) is 12.2 Å². The van der Waals surface area contributed by atoms with E-state index in [1.807, 2.05) is 0 Å². The number of rotatable bonds is 1. The van der Waals surface area contributed by atoms with Crippen LogP contribution in [0.25, 0.3) is 0 Å². The minimum atomic E-state index is -4.83. The molecule has 0 aromatic heterocycles. The Balaban J connectivity index is 3.23. The zero-order chi connectivity index (χ0) is 11.8. The second-order valence-electron chi connectivity index (χ2n) is 2.82. The van der Waals surface area contributed by atoms with Crippen LogP contribution in [-0.2, 0) is 0 Å². The Labute approximate surface area is 81.1 Å². The van der Waals surface area contributed by atoms with Crippen molar-refractivity contribution < 1.29 is 27.1 Å². The molecular formula is C8H6F5NO. The fourth-order valence-corrected chi connectivity index (χ4v) is 0.982.